The molecule has 0 saturated carbocycles. The van der Waals surface area contributed by atoms with Crippen molar-refractivity contribution in [2.75, 3.05) is 13.2 Å². The third-order valence-corrected chi connectivity index (χ3v) is 12.2. The molecule has 10 heteroatoms. The van der Waals surface area contributed by atoms with Crippen molar-refractivity contribution in [3.8, 4) is 0 Å². The van der Waals surface area contributed by atoms with Crippen LogP contribution in [0.5, 0.6) is 0 Å². The summed E-state index contributed by atoms with van der Waals surface area (Å²) in [7, 11) is 0. The van der Waals surface area contributed by atoms with Gasteiger partial charge in [-0.15, -0.1) is 0 Å². The number of carbonyl (C=O) groups excluding carboxylic acids is 1. The quantitative estimate of drug-likeness (QED) is 0.0234. The Bertz CT molecular complexity index is 952. The standard InChI is InChI=1S/C49H95NO9/c1-3-5-7-9-11-13-15-17-19-21-22-24-26-28-30-32-34-36-38-43(53)48(57)50-41(40-58-49-47(56)46(55)45(54)44(39-51)59-49)42(52)37-35-33-31-29-27-25-23-20-18-16-14-12-10-8-6-4-2/h35,37,41-47,49,51-56H,3-34,36,38-40H2,1-2H3,(H,50,57)/b37-35+. The minimum atomic E-state index is -1.61. The molecule has 350 valence electrons. The summed E-state index contributed by atoms with van der Waals surface area (Å²) in [6.07, 6.45) is 35.8. The molecule has 7 N–H and O–H groups in total. The fourth-order valence-corrected chi connectivity index (χ4v) is 8.11. The van der Waals surface area contributed by atoms with Crippen molar-refractivity contribution in [1.82, 2.24) is 5.32 Å². The molecule has 1 saturated heterocycles. The number of hydrogen-bond acceptors (Lipinski definition) is 9. The van der Waals surface area contributed by atoms with Crippen molar-refractivity contribution >= 4 is 5.91 Å². The predicted octanol–water partition coefficient (Wildman–Crippen LogP) is 9.87. The summed E-state index contributed by atoms with van der Waals surface area (Å²) in [5.74, 6) is -0.612. The lowest BCUT2D eigenvalue weighted by atomic mass is 9.99. The molecular formula is C49H95NO9. The fraction of sp³-hybridized carbons (Fsp3) is 0.939. The van der Waals surface area contributed by atoms with Crippen LogP contribution >= 0.6 is 0 Å². The van der Waals surface area contributed by atoms with Crippen molar-refractivity contribution in [3.05, 3.63) is 12.2 Å². The molecule has 0 aromatic carbocycles. The zero-order valence-corrected chi connectivity index (χ0v) is 38.1. The minimum Gasteiger partial charge on any atom is -0.394 e. The van der Waals surface area contributed by atoms with E-state index in [4.69, 9.17) is 9.47 Å². The largest absolute Gasteiger partial charge is 0.394 e. The summed E-state index contributed by atoms with van der Waals surface area (Å²) in [6, 6.07) is -0.975. The van der Waals surface area contributed by atoms with Crippen molar-refractivity contribution in [1.29, 1.82) is 0 Å². The van der Waals surface area contributed by atoms with Gasteiger partial charge in [0.1, 0.15) is 30.5 Å². The number of unbranched alkanes of at least 4 members (excludes halogenated alkanes) is 31. The van der Waals surface area contributed by atoms with E-state index in [0.717, 1.165) is 44.9 Å². The summed E-state index contributed by atoms with van der Waals surface area (Å²) in [5, 5.41) is 64.8. The van der Waals surface area contributed by atoms with E-state index in [0.29, 0.717) is 6.42 Å². The molecule has 8 unspecified atom stereocenters. The number of carbonyl (C=O) groups is 1. The first-order valence-corrected chi connectivity index (χ1v) is 25.0. The Kier molecular flexibility index (Phi) is 37.6. The summed E-state index contributed by atoms with van der Waals surface area (Å²) in [5.41, 5.74) is 0. The van der Waals surface area contributed by atoms with E-state index >= 15 is 0 Å². The number of aliphatic hydroxyl groups is 6. The number of allylic oxidation sites excluding steroid dienone is 1. The number of ether oxygens (including phenoxy) is 2. The van der Waals surface area contributed by atoms with Crippen molar-refractivity contribution < 1.29 is 44.9 Å². The maximum atomic E-state index is 13.1. The Labute approximate surface area is 361 Å². The molecule has 0 bridgehead atoms. The molecule has 0 radical (unpaired) electrons. The first kappa shape index (κ1) is 55.9. The van der Waals surface area contributed by atoms with E-state index in [-0.39, 0.29) is 6.61 Å². The van der Waals surface area contributed by atoms with E-state index in [9.17, 15) is 35.4 Å². The topological polar surface area (TPSA) is 169 Å². The Morgan fingerprint density at radius 1 is 0.576 bits per heavy atom. The number of amides is 1. The van der Waals surface area contributed by atoms with Gasteiger partial charge >= 0.3 is 0 Å². The molecule has 0 spiro atoms. The van der Waals surface area contributed by atoms with Crippen molar-refractivity contribution in [2.45, 2.75) is 281 Å². The number of hydrogen-bond donors (Lipinski definition) is 7. The lowest BCUT2D eigenvalue weighted by Gasteiger charge is -2.40. The summed E-state index contributed by atoms with van der Waals surface area (Å²) < 4.78 is 11.2. The lowest BCUT2D eigenvalue weighted by molar-refractivity contribution is -0.302. The molecule has 1 fully saturated rings. The maximum Gasteiger partial charge on any atom is 0.249 e. The normalized spacial score (nSPS) is 21.3. The highest BCUT2D eigenvalue weighted by Crippen LogP contribution is 2.23. The van der Waals surface area contributed by atoms with Crippen LogP contribution in [0.3, 0.4) is 0 Å². The lowest BCUT2D eigenvalue weighted by Crippen LogP contribution is -2.60. The molecule has 59 heavy (non-hydrogen) atoms. The minimum absolute atomic E-state index is 0.301. The second-order valence-corrected chi connectivity index (χ2v) is 17.8. The fourth-order valence-electron chi connectivity index (χ4n) is 8.11. The molecule has 10 nitrogen and oxygen atoms in total. The predicted molar refractivity (Wildman–Crippen MR) is 241 cm³/mol. The molecule has 1 aliphatic heterocycles. The SMILES string of the molecule is CCCCCCCCCCCCCCCC/C=C/C(O)C(COC1OC(CO)C(O)C(O)C1O)NC(=O)C(O)CCCCCCCCCCCCCCCCCCCC. The van der Waals surface area contributed by atoms with E-state index in [1.807, 2.05) is 6.08 Å². The van der Waals surface area contributed by atoms with Gasteiger partial charge in [0, 0.05) is 0 Å². The molecule has 1 aliphatic rings. The van der Waals surface area contributed by atoms with Gasteiger partial charge in [-0.1, -0.05) is 225 Å². The number of nitrogens with one attached hydrogen (secondary N) is 1. The van der Waals surface area contributed by atoms with Gasteiger partial charge in [0.2, 0.25) is 5.91 Å². The Hall–Kier alpha value is -1.11. The summed E-state index contributed by atoms with van der Waals surface area (Å²) >= 11 is 0. The average molecular weight is 842 g/mol. The first-order chi connectivity index (χ1) is 28.8. The van der Waals surface area contributed by atoms with Gasteiger partial charge in [-0.25, -0.2) is 0 Å². The number of aliphatic hydroxyl groups excluding tert-OH is 6. The summed E-state index contributed by atoms with van der Waals surface area (Å²) in [6.45, 7) is 3.63. The third kappa shape index (κ3) is 29.8. The van der Waals surface area contributed by atoms with Crippen LogP contribution in [0.25, 0.3) is 0 Å². The average Bonchev–Trinajstić information content (AvgIpc) is 3.23. The Balaban J connectivity index is 2.36. The highest BCUT2D eigenvalue weighted by molar-refractivity contribution is 5.80. The van der Waals surface area contributed by atoms with Crippen LogP contribution in [0, 0.1) is 0 Å². The van der Waals surface area contributed by atoms with Gasteiger partial charge in [-0.2, -0.15) is 0 Å². The van der Waals surface area contributed by atoms with Gasteiger partial charge in [0.05, 0.1) is 25.4 Å². The van der Waals surface area contributed by atoms with Gasteiger partial charge in [0.15, 0.2) is 6.29 Å². The van der Waals surface area contributed by atoms with E-state index < -0.39 is 61.5 Å². The molecule has 8 atom stereocenters. The van der Waals surface area contributed by atoms with Gasteiger partial charge < -0.3 is 45.4 Å². The maximum absolute atomic E-state index is 13.1. The smallest absolute Gasteiger partial charge is 0.249 e. The van der Waals surface area contributed by atoms with Crippen molar-refractivity contribution in [2.24, 2.45) is 0 Å². The zero-order chi connectivity index (χ0) is 43.2. The van der Waals surface area contributed by atoms with Crippen LogP contribution in [0.15, 0.2) is 12.2 Å². The number of rotatable bonds is 42. The second-order valence-electron chi connectivity index (χ2n) is 17.8. The van der Waals surface area contributed by atoms with Crippen LogP contribution in [0.1, 0.15) is 232 Å². The Morgan fingerprint density at radius 2 is 0.966 bits per heavy atom. The van der Waals surface area contributed by atoms with Crippen LogP contribution in [-0.4, -0.2) is 98.7 Å². The third-order valence-electron chi connectivity index (χ3n) is 12.2. The summed E-state index contributed by atoms with van der Waals surface area (Å²) in [4.78, 5) is 13.1. The van der Waals surface area contributed by atoms with Gasteiger partial charge in [-0.05, 0) is 19.3 Å². The van der Waals surface area contributed by atoms with Gasteiger partial charge in [0.25, 0.3) is 0 Å². The molecule has 0 aromatic rings. The first-order valence-electron chi connectivity index (χ1n) is 25.0. The molecular weight excluding hydrogens is 747 g/mol. The molecule has 1 heterocycles. The van der Waals surface area contributed by atoms with E-state index in [1.54, 1.807) is 6.08 Å². The second kappa shape index (κ2) is 39.7. The molecule has 1 amide bonds. The van der Waals surface area contributed by atoms with Gasteiger partial charge in [-0.3, -0.25) is 4.79 Å². The monoisotopic (exact) mass is 842 g/mol. The van der Waals surface area contributed by atoms with Crippen LogP contribution < -0.4 is 5.32 Å². The molecule has 1 rings (SSSR count). The molecule has 0 aliphatic carbocycles. The van der Waals surface area contributed by atoms with Crippen LogP contribution in [-0.2, 0) is 14.3 Å². The van der Waals surface area contributed by atoms with E-state index in [2.05, 4.69) is 19.2 Å². The van der Waals surface area contributed by atoms with Crippen LogP contribution in [0.4, 0.5) is 0 Å². The highest BCUT2D eigenvalue weighted by Gasteiger charge is 2.44. The highest BCUT2D eigenvalue weighted by atomic mass is 16.7. The van der Waals surface area contributed by atoms with E-state index in [1.165, 1.54) is 167 Å². The van der Waals surface area contributed by atoms with Crippen molar-refractivity contribution in [3.63, 3.8) is 0 Å². The van der Waals surface area contributed by atoms with Crippen LogP contribution in [0.2, 0.25) is 0 Å². The zero-order valence-electron chi connectivity index (χ0n) is 38.1. The molecule has 0 aromatic heterocycles. The Morgan fingerprint density at radius 3 is 1.37 bits per heavy atom.